The molecule has 0 spiro atoms. The molecule has 34 heavy (non-hydrogen) atoms. The Bertz CT molecular complexity index is 1380. The molecule has 0 bridgehead atoms. The molecule has 4 rings (SSSR count). The van der Waals surface area contributed by atoms with E-state index >= 15 is 0 Å². The van der Waals surface area contributed by atoms with E-state index in [1.54, 1.807) is 60.9 Å². The van der Waals surface area contributed by atoms with Gasteiger partial charge in [0.05, 0.1) is 23.0 Å². The van der Waals surface area contributed by atoms with Crippen LogP contribution >= 0.6 is 34.8 Å². The summed E-state index contributed by atoms with van der Waals surface area (Å²) in [6.07, 6.45) is -2.44. The van der Waals surface area contributed by atoms with Gasteiger partial charge in [0.1, 0.15) is 0 Å². The van der Waals surface area contributed by atoms with Crippen molar-refractivity contribution >= 4 is 34.8 Å². The lowest BCUT2D eigenvalue weighted by Crippen LogP contribution is -2.27. The minimum atomic E-state index is -4.42. The molecule has 0 saturated heterocycles. The first-order chi connectivity index (χ1) is 16.1. The van der Waals surface area contributed by atoms with Crippen LogP contribution in [0.15, 0.2) is 65.7 Å². The highest BCUT2D eigenvalue weighted by Crippen LogP contribution is 2.33. The number of benzene rings is 2. The van der Waals surface area contributed by atoms with E-state index in [9.17, 15) is 18.0 Å². The first kappa shape index (κ1) is 24.3. The maximum Gasteiger partial charge on any atom is 0.390 e. The zero-order valence-electron chi connectivity index (χ0n) is 17.4. The Morgan fingerprint density at radius 1 is 0.941 bits per heavy atom. The molecule has 0 aliphatic carbocycles. The zero-order valence-corrected chi connectivity index (χ0v) is 19.6. The molecule has 0 radical (unpaired) electrons. The molecule has 2 aromatic carbocycles. The molecule has 0 unspecified atom stereocenters. The van der Waals surface area contributed by atoms with E-state index in [1.165, 1.54) is 0 Å². The Morgan fingerprint density at radius 3 is 2.38 bits per heavy atom. The van der Waals surface area contributed by atoms with E-state index in [4.69, 9.17) is 34.8 Å². The first-order valence-electron chi connectivity index (χ1n) is 10.0. The fraction of sp³-hybridized carbons (Fsp3) is 0.174. The van der Waals surface area contributed by atoms with Crippen LogP contribution in [-0.4, -0.2) is 25.5 Å². The highest BCUT2D eigenvalue weighted by atomic mass is 35.5. The third-order valence-corrected chi connectivity index (χ3v) is 6.10. The SMILES string of the molecule is O=c1n(Cc2cncc(-c3cccc(Cl)c3Cl)c2)nc(-c2ccc(Cl)cc2)n1CCC(F)(F)F. The Labute approximate surface area is 207 Å². The van der Waals surface area contributed by atoms with Crippen LogP contribution in [0.3, 0.4) is 0 Å². The fourth-order valence-corrected chi connectivity index (χ4v) is 3.95. The van der Waals surface area contributed by atoms with Gasteiger partial charge in [-0.25, -0.2) is 9.48 Å². The molecule has 2 aromatic heterocycles. The van der Waals surface area contributed by atoms with Gasteiger partial charge in [0.2, 0.25) is 0 Å². The summed E-state index contributed by atoms with van der Waals surface area (Å²) in [5.41, 5.74) is 1.75. The van der Waals surface area contributed by atoms with Gasteiger partial charge in [-0.05, 0) is 42.0 Å². The minimum absolute atomic E-state index is 0.00251. The monoisotopic (exact) mass is 526 g/mol. The molecular weight excluding hydrogens is 512 g/mol. The molecule has 0 N–H and O–H groups in total. The van der Waals surface area contributed by atoms with Gasteiger partial charge >= 0.3 is 11.9 Å². The molecule has 0 aliphatic rings. The van der Waals surface area contributed by atoms with Gasteiger partial charge in [-0.2, -0.15) is 13.2 Å². The van der Waals surface area contributed by atoms with Crippen LogP contribution in [0.2, 0.25) is 15.1 Å². The Kier molecular flexibility index (Phi) is 7.02. The number of hydrogen-bond donors (Lipinski definition) is 0. The molecule has 0 fully saturated rings. The van der Waals surface area contributed by atoms with Crippen molar-refractivity contribution in [3.63, 3.8) is 0 Å². The number of rotatable bonds is 6. The Hall–Kier alpha value is -2.81. The summed E-state index contributed by atoms with van der Waals surface area (Å²) in [7, 11) is 0. The predicted molar refractivity (Wildman–Crippen MR) is 126 cm³/mol. The lowest BCUT2D eigenvalue weighted by molar-refractivity contribution is -0.136. The number of aromatic nitrogens is 4. The van der Waals surface area contributed by atoms with Crippen LogP contribution in [0.5, 0.6) is 0 Å². The maximum atomic E-state index is 13.0. The minimum Gasteiger partial charge on any atom is -0.275 e. The lowest BCUT2D eigenvalue weighted by atomic mass is 10.1. The van der Waals surface area contributed by atoms with Gasteiger partial charge < -0.3 is 0 Å². The standard InChI is InChI=1S/C23H16Cl3F3N4O/c24-17-6-4-15(5-7-17)21-31-33(22(34)32(21)9-8-23(27,28)29)13-14-10-16(12-30-11-14)18-2-1-3-19(25)20(18)26/h1-7,10-12H,8-9,13H2. The van der Waals surface area contributed by atoms with Gasteiger partial charge in [0.25, 0.3) is 0 Å². The highest BCUT2D eigenvalue weighted by molar-refractivity contribution is 6.43. The Morgan fingerprint density at radius 2 is 1.68 bits per heavy atom. The average molecular weight is 528 g/mol. The number of hydrogen-bond acceptors (Lipinski definition) is 3. The van der Waals surface area contributed by atoms with Crippen molar-refractivity contribution < 1.29 is 13.2 Å². The van der Waals surface area contributed by atoms with Crippen LogP contribution in [-0.2, 0) is 13.1 Å². The highest BCUT2D eigenvalue weighted by Gasteiger charge is 2.28. The predicted octanol–water partition coefficient (Wildman–Crippen LogP) is 6.73. The van der Waals surface area contributed by atoms with E-state index < -0.39 is 24.8 Å². The quantitative estimate of drug-likeness (QED) is 0.279. The second-order valence-corrected chi connectivity index (χ2v) is 8.69. The molecule has 0 aliphatic heterocycles. The normalized spacial score (nSPS) is 11.7. The molecule has 0 saturated carbocycles. The summed E-state index contributed by atoms with van der Waals surface area (Å²) in [5.74, 6) is 0.118. The molecule has 0 atom stereocenters. The van der Waals surface area contributed by atoms with Crippen LogP contribution in [0, 0.1) is 0 Å². The summed E-state index contributed by atoms with van der Waals surface area (Å²) < 4.78 is 40.8. The second-order valence-electron chi connectivity index (χ2n) is 7.47. The van der Waals surface area contributed by atoms with Gasteiger partial charge in [0, 0.05) is 40.7 Å². The largest absolute Gasteiger partial charge is 0.390 e. The van der Waals surface area contributed by atoms with Crippen molar-refractivity contribution in [1.29, 1.82) is 0 Å². The molecule has 0 amide bonds. The summed E-state index contributed by atoms with van der Waals surface area (Å²) in [5, 5.41) is 5.52. The second kappa shape index (κ2) is 9.82. The van der Waals surface area contributed by atoms with Crippen LogP contribution < -0.4 is 5.69 Å². The molecule has 5 nitrogen and oxygen atoms in total. The van der Waals surface area contributed by atoms with Crippen LogP contribution in [0.4, 0.5) is 13.2 Å². The van der Waals surface area contributed by atoms with Crippen molar-refractivity contribution in [1.82, 2.24) is 19.3 Å². The zero-order chi connectivity index (χ0) is 24.5. The summed E-state index contributed by atoms with van der Waals surface area (Å²) in [6.45, 7) is -0.561. The molecule has 2 heterocycles. The smallest absolute Gasteiger partial charge is 0.275 e. The topological polar surface area (TPSA) is 52.7 Å². The average Bonchev–Trinajstić information content (AvgIpc) is 3.09. The van der Waals surface area contributed by atoms with Gasteiger partial charge in [-0.3, -0.25) is 9.55 Å². The van der Waals surface area contributed by atoms with E-state index in [0.717, 1.165) is 9.25 Å². The molecule has 4 aromatic rings. The molecule has 11 heteroatoms. The fourth-order valence-electron chi connectivity index (χ4n) is 3.42. The molecule has 176 valence electrons. The maximum absolute atomic E-state index is 13.0. The number of alkyl halides is 3. The third kappa shape index (κ3) is 5.46. The van der Waals surface area contributed by atoms with Gasteiger partial charge in [-0.1, -0.05) is 46.9 Å². The van der Waals surface area contributed by atoms with E-state index in [-0.39, 0.29) is 12.4 Å². The van der Waals surface area contributed by atoms with E-state index in [2.05, 4.69) is 10.1 Å². The van der Waals surface area contributed by atoms with Crippen molar-refractivity contribution in [3.8, 4) is 22.5 Å². The lowest BCUT2D eigenvalue weighted by Gasteiger charge is -2.08. The molecular formula is C23H16Cl3F3N4O. The van der Waals surface area contributed by atoms with Crippen LogP contribution in [0.1, 0.15) is 12.0 Å². The van der Waals surface area contributed by atoms with Gasteiger partial charge in [0.15, 0.2) is 5.82 Å². The number of nitrogens with zero attached hydrogens (tertiary/aromatic N) is 4. The summed E-state index contributed by atoms with van der Waals surface area (Å²) in [6, 6.07) is 13.3. The van der Waals surface area contributed by atoms with Crippen molar-refractivity contribution in [2.45, 2.75) is 25.7 Å². The van der Waals surface area contributed by atoms with Crippen LogP contribution in [0.25, 0.3) is 22.5 Å². The summed E-state index contributed by atoms with van der Waals surface area (Å²) in [4.78, 5) is 17.2. The number of halogens is 6. The Balaban J connectivity index is 1.72. The first-order valence-corrected chi connectivity index (χ1v) is 11.1. The number of pyridine rings is 1. The van der Waals surface area contributed by atoms with Crippen molar-refractivity contribution in [3.05, 3.63) is 92.0 Å². The van der Waals surface area contributed by atoms with Crippen molar-refractivity contribution in [2.75, 3.05) is 0 Å². The third-order valence-electron chi connectivity index (χ3n) is 5.03. The van der Waals surface area contributed by atoms with E-state index in [0.29, 0.717) is 37.3 Å². The summed E-state index contributed by atoms with van der Waals surface area (Å²) >= 11 is 18.3. The van der Waals surface area contributed by atoms with Crippen molar-refractivity contribution in [2.24, 2.45) is 0 Å². The van der Waals surface area contributed by atoms with Gasteiger partial charge in [-0.15, -0.1) is 5.10 Å². The van der Waals surface area contributed by atoms with E-state index in [1.807, 2.05) is 0 Å².